The third-order valence-corrected chi connectivity index (χ3v) is 2.30. The standard InChI is InChI=1S/C9H8ClF2NO3/c1-16-8-3(7(13)9(14)15)2-4(11)5(10)6(8)12/h2,7H,13H2,1H3,(H,14,15). The number of methoxy groups -OCH3 is 1. The lowest BCUT2D eigenvalue weighted by Gasteiger charge is -2.13. The molecule has 0 amide bonds. The van der Waals surface area contributed by atoms with Crippen LogP contribution in [-0.4, -0.2) is 18.2 Å². The van der Waals surface area contributed by atoms with E-state index >= 15 is 0 Å². The third kappa shape index (κ3) is 2.07. The number of nitrogens with two attached hydrogens (primary N) is 1. The average Bonchev–Trinajstić information content (AvgIpc) is 2.24. The second kappa shape index (κ2) is 4.63. The molecule has 0 saturated heterocycles. The monoisotopic (exact) mass is 251 g/mol. The van der Waals surface area contributed by atoms with Crippen LogP contribution in [0.2, 0.25) is 5.02 Å². The summed E-state index contributed by atoms with van der Waals surface area (Å²) in [6.45, 7) is 0. The zero-order valence-electron chi connectivity index (χ0n) is 8.13. The third-order valence-electron chi connectivity index (χ3n) is 1.95. The van der Waals surface area contributed by atoms with Crippen molar-refractivity contribution in [2.24, 2.45) is 5.73 Å². The SMILES string of the molecule is COc1c(C(N)C(=O)O)cc(F)c(Cl)c1F. The number of carboxylic acids is 1. The van der Waals surface area contributed by atoms with Crippen LogP contribution in [0, 0.1) is 11.6 Å². The molecule has 88 valence electrons. The van der Waals surface area contributed by atoms with Gasteiger partial charge in [-0.05, 0) is 6.07 Å². The minimum Gasteiger partial charge on any atom is -0.493 e. The predicted octanol–water partition coefficient (Wildman–Crippen LogP) is 1.71. The predicted molar refractivity (Wildman–Crippen MR) is 52.5 cm³/mol. The fraction of sp³-hybridized carbons (Fsp3) is 0.222. The Labute approximate surface area is 94.6 Å². The van der Waals surface area contributed by atoms with E-state index in [0.717, 1.165) is 13.2 Å². The number of benzene rings is 1. The van der Waals surface area contributed by atoms with Crippen LogP contribution >= 0.6 is 11.6 Å². The molecule has 1 rings (SSSR count). The van der Waals surface area contributed by atoms with Crippen molar-refractivity contribution in [1.82, 2.24) is 0 Å². The van der Waals surface area contributed by atoms with Crippen molar-refractivity contribution in [3.05, 3.63) is 28.3 Å². The van der Waals surface area contributed by atoms with Gasteiger partial charge in [-0.25, -0.2) is 8.78 Å². The molecule has 0 aliphatic carbocycles. The molecule has 3 N–H and O–H groups in total. The number of hydrogen-bond acceptors (Lipinski definition) is 3. The normalized spacial score (nSPS) is 12.3. The number of rotatable bonds is 3. The van der Waals surface area contributed by atoms with E-state index in [9.17, 15) is 13.6 Å². The number of hydrogen-bond donors (Lipinski definition) is 2. The van der Waals surface area contributed by atoms with Crippen molar-refractivity contribution < 1.29 is 23.4 Å². The number of halogens is 3. The summed E-state index contributed by atoms with van der Waals surface area (Å²) >= 11 is 5.30. The molecule has 0 heterocycles. The van der Waals surface area contributed by atoms with Crippen molar-refractivity contribution in [3.8, 4) is 5.75 Å². The molecule has 1 unspecified atom stereocenters. The number of ether oxygens (including phenoxy) is 1. The highest BCUT2D eigenvalue weighted by Gasteiger charge is 2.25. The smallest absolute Gasteiger partial charge is 0.325 e. The van der Waals surface area contributed by atoms with Gasteiger partial charge in [0.05, 0.1) is 7.11 Å². The number of aliphatic carboxylic acids is 1. The maximum absolute atomic E-state index is 13.4. The number of carbonyl (C=O) groups is 1. The van der Waals surface area contributed by atoms with E-state index in [1.807, 2.05) is 0 Å². The molecule has 0 saturated carbocycles. The van der Waals surface area contributed by atoms with Gasteiger partial charge < -0.3 is 15.6 Å². The summed E-state index contributed by atoms with van der Waals surface area (Å²) in [5.74, 6) is -4.16. The van der Waals surface area contributed by atoms with Gasteiger partial charge in [0, 0.05) is 5.56 Å². The first-order chi connectivity index (χ1) is 7.40. The van der Waals surface area contributed by atoms with Crippen molar-refractivity contribution in [2.75, 3.05) is 7.11 Å². The van der Waals surface area contributed by atoms with Crippen LogP contribution in [0.15, 0.2) is 6.07 Å². The average molecular weight is 252 g/mol. The molecule has 0 fully saturated rings. The Hall–Kier alpha value is -1.40. The summed E-state index contributed by atoms with van der Waals surface area (Å²) in [5, 5.41) is 7.88. The Morgan fingerprint density at radius 2 is 2.19 bits per heavy atom. The fourth-order valence-electron chi connectivity index (χ4n) is 1.17. The molecule has 0 spiro atoms. The Morgan fingerprint density at radius 3 is 2.62 bits per heavy atom. The van der Waals surface area contributed by atoms with Crippen molar-refractivity contribution in [2.45, 2.75) is 6.04 Å². The summed E-state index contributed by atoms with van der Waals surface area (Å²) in [5.41, 5.74) is 4.94. The van der Waals surface area contributed by atoms with Crippen LogP contribution in [0.4, 0.5) is 8.78 Å². The van der Waals surface area contributed by atoms with E-state index in [0.29, 0.717) is 0 Å². The molecule has 0 bridgehead atoms. The highest BCUT2D eigenvalue weighted by Crippen LogP contribution is 2.33. The van der Waals surface area contributed by atoms with Crippen LogP contribution in [0.1, 0.15) is 11.6 Å². The highest BCUT2D eigenvalue weighted by atomic mass is 35.5. The molecule has 7 heteroatoms. The lowest BCUT2D eigenvalue weighted by molar-refractivity contribution is -0.138. The van der Waals surface area contributed by atoms with E-state index < -0.39 is 34.4 Å². The second-order valence-corrected chi connectivity index (χ2v) is 3.30. The van der Waals surface area contributed by atoms with Crippen LogP contribution < -0.4 is 10.5 Å². The maximum atomic E-state index is 13.4. The van der Waals surface area contributed by atoms with Gasteiger partial charge in [0.2, 0.25) is 0 Å². The van der Waals surface area contributed by atoms with Crippen LogP contribution in [0.3, 0.4) is 0 Å². The molecule has 4 nitrogen and oxygen atoms in total. The van der Waals surface area contributed by atoms with Gasteiger partial charge in [-0.2, -0.15) is 0 Å². The van der Waals surface area contributed by atoms with Gasteiger partial charge in [0.1, 0.15) is 16.9 Å². The molecule has 16 heavy (non-hydrogen) atoms. The molecular formula is C9H8ClF2NO3. The molecular weight excluding hydrogens is 244 g/mol. The minimum atomic E-state index is -1.59. The molecule has 0 aliphatic heterocycles. The van der Waals surface area contributed by atoms with E-state index in [4.69, 9.17) is 22.4 Å². The first-order valence-electron chi connectivity index (χ1n) is 4.10. The van der Waals surface area contributed by atoms with E-state index in [2.05, 4.69) is 4.74 Å². The summed E-state index contributed by atoms with van der Waals surface area (Å²) in [7, 11) is 1.10. The number of carboxylic acid groups (broad SMARTS) is 1. The second-order valence-electron chi connectivity index (χ2n) is 2.92. The Morgan fingerprint density at radius 1 is 1.62 bits per heavy atom. The molecule has 1 aromatic rings. The van der Waals surface area contributed by atoms with E-state index in [-0.39, 0.29) is 5.56 Å². The molecule has 0 aromatic heterocycles. The summed E-state index contributed by atoms with van der Waals surface area (Å²) in [6, 6.07) is -0.848. The van der Waals surface area contributed by atoms with Crippen molar-refractivity contribution in [3.63, 3.8) is 0 Å². The largest absolute Gasteiger partial charge is 0.493 e. The van der Waals surface area contributed by atoms with E-state index in [1.54, 1.807) is 0 Å². The summed E-state index contributed by atoms with van der Waals surface area (Å²) in [6.07, 6.45) is 0. The topological polar surface area (TPSA) is 72.5 Å². The lowest BCUT2D eigenvalue weighted by Crippen LogP contribution is -2.22. The molecule has 1 atom stereocenters. The maximum Gasteiger partial charge on any atom is 0.325 e. The van der Waals surface area contributed by atoms with Gasteiger partial charge in [-0.3, -0.25) is 4.79 Å². The summed E-state index contributed by atoms with van der Waals surface area (Å²) < 4.78 is 31.1. The van der Waals surface area contributed by atoms with Gasteiger partial charge in [0.25, 0.3) is 0 Å². The molecule has 0 aliphatic rings. The zero-order chi connectivity index (χ0) is 12.5. The lowest BCUT2D eigenvalue weighted by atomic mass is 10.1. The Bertz CT molecular complexity index is 439. The van der Waals surface area contributed by atoms with Crippen molar-refractivity contribution >= 4 is 17.6 Å². The Balaban J connectivity index is 3.44. The van der Waals surface area contributed by atoms with Crippen molar-refractivity contribution in [1.29, 1.82) is 0 Å². The van der Waals surface area contributed by atoms with E-state index in [1.165, 1.54) is 0 Å². The van der Waals surface area contributed by atoms with Gasteiger partial charge in [-0.15, -0.1) is 0 Å². The quantitative estimate of drug-likeness (QED) is 0.802. The first-order valence-corrected chi connectivity index (χ1v) is 4.47. The molecule has 1 aromatic carbocycles. The zero-order valence-corrected chi connectivity index (χ0v) is 8.89. The summed E-state index contributed by atoms with van der Waals surface area (Å²) in [4.78, 5) is 10.6. The highest BCUT2D eigenvalue weighted by molar-refractivity contribution is 6.31. The Kier molecular flexibility index (Phi) is 3.66. The van der Waals surface area contributed by atoms with Gasteiger partial charge in [-0.1, -0.05) is 11.6 Å². The fourth-order valence-corrected chi connectivity index (χ4v) is 1.31. The van der Waals surface area contributed by atoms with Crippen LogP contribution in [0.25, 0.3) is 0 Å². The first kappa shape index (κ1) is 12.7. The van der Waals surface area contributed by atoms with Crippen LogP contribution in [0.5, 0.6) is 5.75 Å². The minimum absolute atomic E-state index is 0.311. The van der Waals surface area contributed by atoms with Gasteiger partial charge >= 0.3 is 5.97 Å². The van der Waals surface area contributed by atoms with Gasteiger partial charge in [0.15, 0.2) is 11.6 Å². The molecule has 0 radical (unpaired) electrons. The van der Waals surface area contributed by atoms with Crippen LogP contribution in [-0.2, 0) is 4.79 Å².